The van der Waals surface area contributed by atoms with Gasteiger partial charge in [-0.15, -0.1) is 0 Å². The van der Waals surface area contributed by atoms with Gasteiger partial charge in [-0.2, -0.15) is 5.26 Å². The van der Waals surface area contributed by atoms with E-state index in [0.717, 1.165) is 9.13 Å². The molecule has 0 radical (unpaired) electrons. The van der Waals surface area contributed by atoms with E-state index in [1.54, 1.807) is 13.0 Å². The molecule has 2 N–H and O–H groups in total. The van der Waals surface area contributed by atoms with Gasteiger partial charge < -0.3 is 10.4 Å². The minimum absolute atomic E-state index is 0.0710. The van der Waals surface area contributed by atoms with Crippen LogP contribution in [0.5, 0.6) is 0 Å². The number of nitriles is 1. The molecule has 0 amide bonds. The molecule has 1 aromatic heterocycles. The van der Waals surface area contributed by atoms with Gasteiger partial charge in [-0.25, -0.2) is 9.59 Å². The fourth-order valence-electron chi connectivity index (χ4n) is 1.94. The standard InChI is InChI=1S/C13H18N4O4/c1-5-7(2)9(12(19)20)15-10-8(6-14)11(18)17(4)13(21)16(10)3/h7,9,15H,5H2,1-4H3,(H,19,20)/t7-,9-/m0/s1. The molecule has 0 saturated heterocycles. The summed E-state index contributed by atoms with van der Waals surface area (Å²) >= 11 is 0. The Kier molecular flexibility index (Phi) is 4.92. The van der Waals surface area contributed by atoms with Gasteiger partial charge in [-0.3, -0.25) is 13.9 Å². The molecule has 21 heavy (non-hydrogen) atoms. The first-order valence-corrected chi connectivity index (χ1v) is 6.45. The van der Waals surface area contributed by atoms with Crippen LogP contribution in [-0.2, 0) is 18.9 Å². The maximum absolute atomic E-state index is 11.9. The molecule has 0 aliphatic rings. The van der Waals surface area contributed by atoms with E-state index in [1.807, 2.05) is 6.92 Å². The lowest BCUT2D eigenvalue weighted by atomic mass is 9.99. The normalized spacial score (nSPS) is 13.3. The fraction of sp³-hybridized carbons (Fsp3) is 0.538. The van der Waals surface area contributed by atoms with Gasteiger partial charge in [0.05, 0.1) is 0 Å². The van der Waals surface area contributed by atoms with Gasteiger partial charge >= 0.3 is 11.7 Å². The molecule has 0 aliphatic carbocycles. The molecule has 0 saturated carbocycles. The Labute approximate surface area is 121 Å². The van der Waals surface area contributed by atoms with E-state index in [1.165, 1.54) is 14.1 Å². The molecule has 0 aromatic carbocycles. The van der Waals surface area contributed by atoms with Crippen molar-refractivity contribution in [3.8, 4) is 6.07 Å². The minimum atomic E-state index is -1.11. The van der Waals surface area contributed by atoms with Gasteiger partial charge in [0, 0.05) is 14.1 Å². The number of nitrogens with one attached hydrogen (secondary N) is 1. The van der Waals surface area contributed by atoms with E-state index >= 15 is 0 Å². The molecule has 1 aromatic rings. The summed E-state index contributed by atoms with van der Waals surface area (Å²) in [6.07, 6.45) is 0.588. The lowest BCUT2D eigenvalue weighted by Gasteiger charge is -2.23. The molecule has 1 heterocycles. The zero-order valence-corrected chi connectivity index (χ0v) is 12.4. The topological polar surface area (TPSA) is 117 Å². The zero-order chi connectivity index (χ0) is 16.3. The van der Waals surface area contributed by atoms with Crippen LogP contribution in [0.3, 0.4) is 0 Å². The second-order valence-corrected chi connectivity index (χ2v) is 4.89. The van der Waals surface area contributed by atoms with E-state index in [9.17, 15) is 19.5 Å². The highest BCUT2D eigenvalue weighted by atomic mass is 16.4. The van der Waals surface area contributed by atoms with Gasteiger partial charge in [0.25, 0.3) is 5.56 Å². The molecule has 1 rings (SSSR count). The summed E-state index contributed by atoms with van der Waals surface area (Å²) in [6, 6.07) is 0.725. The predicted molar refractivity (Wildman–Crippen MR) is 76.1 cm³/mol. The average molecular weight is 294 g/mol. The maximum Gasteiger partial charge on any atom is 0.332 e. The predicted octanol–water partition coefficient (Wildman–Crippen LogP) is -0.133. The van der Waals surface area contributed by atoms with Crippen molar-refractivity contribution in [3.63, 3.8) is 0 Å². The molecule has 0 bridgehead atoms. The Morgan fingerprint density at radius 2 is 1.95 bits per heavy atom. The number of hydrogen-bond acceptors (Lipinski definition) is 5. The van der Waals surface area contributed by atoms with Gasteiger partial charge in [-0.05, 0) is 5.92 Å². The Balaban J connectivity index is 3.51. The number of rotatable bonds is 5. The second kappa shape index (κ2) is 6.26. The van der Waals surface area contributed by atoms with Crippen LogP contribution in [0.1, 0.15) is 25.8 Å². The van der Waals surface area contributed by atoms with Crippen molar-refractivity contribution in [1.29, 1.82) is 5.26 Å². The number of aliphatic carboxylic acids is 1. The molecular formula is C13H18N4O4. The first-order chi connectivity index (χ1) is 9.76. The van der Waals surface area contributed by atoms with Crippen LogP contribution in [0, 0.1) is 17.2 Å². The third kappa shape index (κ3) is 2.97. The zero-order valence-electron chi connectivity index (χ0n) is 12.4. The maximum atomic E-state index is 11.9. The lowest BCUT2D eigenvalue weighted by Crippen LogP contribution is -2.43. The Hall–Kier alpha value is -2.56. The number of nitrogens with zero attached hydrogens (tertiary/aromatic N) is 3. The number of carbonyl (C=O) groups is 1. The lowest BCUT2D eigenvalue weighted by molar-refractivity contribution is -0.139. The van der Waals surface area contributed by atoms with Crippen LogP contribution in [0.25, 0.3) is 0 Å². The van der Waals surface area contributed by atoms with Crippen molar-refractivity contribution in [2.45, 2.75) is 26.3 Å². The van der Waals surface area contributed by atoms with Crippen molar-refractivity contribution in [2.24, 2.45) is 20.0 Å². The van der Waals surface area contributed by atoms with Crippen LogP contribution in [0.15, 0.2) is 9.59 Å². The molecule has 0 fully saturated rings. The molecule has 0 spiro atoms. The summed E-state index contributed by atoms with van der Waals surface area (Å²) in [6.45, 7) is 3.56. The van der Waals surface area contributed by atoms with Crippen molar-refractivity contribution in [3.05, 3.63) is 26.4 Å². The number of anilines is 1. The van der Waals surface area contributed by atoms with Gasteiger partial charge in [0.15, 0.2) is 5.56 Å². The summed E-state index contributed by atoms with van der Waals surface area (Å²) in [5.74, 6) is -1.42. The van der Waals surface area contributed by atoms with E-state index in [0.29, 0.717) is 6.42 Å². The Morgan fingerprint density at radius 1 is 1.38 bits per heavy atom. The van der Waals surface area contributed by atoms with E-state index < -0.39 is 23.3 Å². The number of hydrogen-bond donors (Lipinski definition) is 2. The van der Waals surface area contributed by atoms with Crippen LogP contribution >= 0.6 is 0 Å². The average Bonchev–Trinajstić information content (AvgIpc) is 2.46. The SMILES string of the molecule is CC[C@H](C)[C@H](Nc1c(C#N)c(=O)n(C)c(=O)n1C)C(=O)O. The molecule has 2 atom stereocenters. The van der Waals surface area contributed by atoms with E-state index in [2.05, 4.69) is 5.32 Å². The van der Waals surface area contributed by atoms with Crippen molar-refractivity contribution < 1.29 is 9.90 Å². The van der Waals surface area contributed by atoms with E-state index in [4.69, 9.17) is 5.26 Å². The molecule has 0 unspecified atom stereocenters. The van der Waals surface area contributed by atoms with Crippen LogP contribution < -0.4 is 16.6 Å². The van der Waals surface area contributed by atoms with Gasteiger partial charge in [-0.1, -0.05) is 20.3 Å². The quantitative estimate of drug-likeness (QED) is 0.781. The Bertz CT molecular complexity index is 711. The second-order valence-electron chi connectivity index (χ2n) is 4.89. The van der Waals surface area contributed by atoms with Gasteiger partial charge in [0.1, 0.15) is 17.9 Å². The molecule has 0 aliphatic heterocycles. The highest BCUT2D eigenvalue weighted by molar-refractivity contribution is 5.78. The third-order valence-corrected chi connectivity index (χ3v) is 3.55. The first kappa shape index (κ1) is 16.5. The van der Waals surface area contributed by atoms with Crippen LogP contribution in [0.4, 0.5) is 5.82 Å². The highest BCUT2D eigenvalue weighted by Gasteiger charge is 2.26. The number of carboxylic acids is 1. The molecular weight excluding hydrogens is 276 g/mol. The molecule has 8 heteroatoms. The number of carboxylic acid groups (broad SMARTS) is 1. The monoisotopic (exact) mass is 294 g/mol. The summed E-state index contributed by atoms with van der Waals surface area (Å²) in [7, 11) is 2.64. The first-order valence-electron chi connectivity index (χ1n) is 6.45. The summed E-state index contributed by atoms with van der Waals surface area (Å²) in [5, 5.41) is 21.0. The molecule has 114 valence electrons. The highest BCUT2D eigenvalue weighted by Crippen LogP contribution is 2.16. The van der Waals surface area contributed by atoms with Crippen LogP contribution in [-0.4, -0.2) is 26.3 Å². The summed E-state index contributed by atoms with van der Waals surface area (Å²) in [4.78, 5) is 35.2. The van der Waals surface area contributed by atoms with Crippen LogP contribution in [0.2, 0.25) is 0 Å². The largest absolute Gasteiger partial charge is 0.480 e. The summed E-state index contributed by atoms with van der Waals surface area (Å²) < 4.78 is 1.88. The number of aromatic nitrogens is 2. The minimum Gasteiger partial charge on any atom is -0.480 e. The third-order valence-electron chi connectivity index (χ3n) is 3.55. The van der Waals surface area contributed by atoms with Crippen molar-refractivity contribution in [2.75, 3.05) is 5.32 Å². The van der Waals surface area contributed by atoms with E-state index in [-0.39, 0.29) is 17.3 Å². The van der Waals surface area contributed by atoms with Gasteiger partial charge in [0.2, 0.25) is 0 Å². The molecule has 8 nitrogen and oxygen atoms in total. The fourth-order valence-corrected chi connectivity index (χ4v) is 1.94. The Morgan fingerprint density at radius 3 is 2.38 bits per heavy atom. The van der Waals surface area contributed by atoms with Crippen molar-refractivity contribution >= 4 is 11.8 Å². The summed E-state index contributed by atoms with van der Waals surface area (Å²) in [5.41, 5.74) is -1.67. The van der Waals surface area contributed by atoms with Crippen molar-refractivity contribution in [1.82, 2.24) is 9.13 Å². The smallest absolute Gasteiger partial charge is 0.332 e.